The first-order valence-corrected chi connectivity index (χ1v) is 6.05. The molecule has 0 rings (SSSR count). The van der Waals surface area contributed by atoms with Crippen LogP contribution < -0.4 is 16.4 Å². The number of carbonyl (C=O) groups excluding carboxylic acids is 1. The fraction of sp³-hybridized carbons (Fsp3) is 0.818. The number of nitrogens with one attached hydrogen (secondary N) is 3. The largest absolute Gasteiger partial charge is 0.370 e. The van der Waals surface area contributed by atoms with Gasteiger partial charge in [-0.3, -0.25) is 10.7 Å². The molecule has 0 saturated carbocycles. The van der Waals surface area contributed by atoms with E-state index in [4.69, 9.17) is 11.1 Å². The second-order valence-corrected chi connectivity index (χ2v) is 3.92. The van der Waals surface area contributed by atoms with Crippen molar-refractivity contribution >= 4 is 12.0 Å². The van der Waals surface area contributed by atoms with Crippen LogP contribution in [0.25, 0.3) is 0 Å². The summed E-state index contributed by atoms with van der Waals surface area (Å²) < 4.78 is 0. The Bertz CT molecular complexity index is 206. The van der Waals surface area contributed by atoms with Crippen molar-refractivity contribution < 1.29 is 4.79 Å². The number of guanidine groups is 1. The number of rotatable bonds is 8. The smallest absolute Gasteiger partial charge is 0.321 e. The average Bonchev–Trinajstić information content (AvgIpc) is 2.21. The van der Waals surface area contributed by atoms with Crippen molar-refractivity contribution in [1.29, 1.82) is 5.41 Å². The van der Waals surface area contributed by atoms with Gasteiger partial charge in [0.2, 0.25) is 0 Å². The number of carbonyl (C=O) groups is 1. The third-order valence-corrected chi connectivity index (χ3v) is 2.31. The van der Waals surface area contributed by atoms with Crippen molar-refractivity contribution in [2.24, 2.45) is 5.73 Å². The van der Waals surface area contributed by atoms with E-state index in [1.54, 1.807) is 0 Å². The minimum atomic E-state index is -0.390. The number of hydrogen-bond acceptors (Lipinski definition) is 2. The number of hydrogen-bond donors (Lipinski definition) is 4. The van der Waals surface area contributed by atoms with Gasteiger partial charge in [-0.15, -0.1) is 0 Å². The van der Waals surface area contributed by atoms with Crippen molar-refractivity contribution in [3.05, 3.63) is 0 Å². The first-order chi connectivity index (χ1) is 7.66. The van der Waals surface area contributed by atoms with Gasteiger partial charge >= 0.3 is 6.03 Å². The normalized spacial score (nSPS) is 9.81. The van der Waals surface area contributed by atoms with E-state index >= 15 is 0 Å². The predicted molar refractivity (Wildman–Crippen MR) is 66.4 cm³/mol. The lowest BCUT2D eigenvalue weighted by Gasteiger charge is -2.05. The highest BCUT2D eigenvalue weighted by molar-refractivity contribution is 5.93. The van der Waals surface area contributed by atoms with Gasteiger partial charge in [-0.2, -0.15) is 0 Å². The molecule has 5 nitrogen and oxygen atoms in total. The highest BCUT2D eigenvalue weighted by Crippen LogP contribution is 2.06. The van der Waals surface area contributed by atoms with Crippen LogP contribution in [0.5, 0.6) is 0 Å². The standard InChI is InChI=1S/C11H24N4O/c1-2-3-4-5-6-7-8-9-14-11(16)15-10(12)13/h2-9H2,1H3,(H5,12,13,14,15,16). The van der Waals surface area contributed by atoms with Gasteiger partial charge in [-0.25, -0.2) is 4.79 Å². The predicted octanol–water partition coefficient (Wildman–Crippen LogP) is 1.93. The minimum absolute atomic E-state index is 0.322. The van der Waals surface area contributed by atoms with Gasteiger partial charge in [-0.05, 0) is 6.42 Å². The van der Waals surface area contributed by atoms with Crippen LogP contribution in [0.3, 0.4) is 0 Å². The summed E-state index contributed by atoms with van der Waals surface area (Å²) in [6.45, 7) is 2.85. The maximum Gasteiger partial charge on any atom is 0.321 e. The van der Waals surface area contributed by atoms with Crippen molar-refractivity contribution in [2.75, 3.05) is 6.54 Å². The minimum Gasteiger partial charge on any atom is -0.370 e. The molecule has 0 aliphatic heterocycles. The topological polar surface area (TPSA) is 91.0 Å². The number of nitrogens with two attached hydrogens (primary N) is 1. The zero-order valence-electron chi connectivity index (χ0n) is 10.1. The quantitative estimate of drug-likeness (QED) is 0.290. The summed E-state index contributed by atoms with van der Waals surface area (Å²) in [4.78, 5) is 11.0. The van der Waals surface area contributed by atoms with Crippen LogP contribution in [0, 0.1) is 5.41 Å². The second kappa shape index (κ2) is 10.3. The molecule has 0 heterocycles. The third kappa shape index (κ3) is 10.8. The maximum atomic E-state index is 11.0. The Morgan fingerprint density at radius 1 is 1.12 bits per heavy atom. The zero-order valence-corrected chi connectivity index (χ0v) is 10.1. The van der Waals surface area contributed by atoms with Gasteiger partial charge in [-0.1, -0.05) is 45.4 Å². The van der Waals surface area contributed by atoms with Crippen LogP contribution >= 0.6 is 0 Å². The molecule has 0 bridgehead atoms. The molecule has 0 aromatic heterocycles. The molecule has 0 aromatic rings. The van der Waals surface area contributed by atoms with Crippen LogP contribution in [0.15, 0.2) is 0 Å². The zero-order chi connectivity index (χ0) is 12.2. The van der Waals surface area contributed by atoms with Crippen molar-refractivity contribution in [3.8, 4) is 0 Å². The molecule has 16 heavy (non-hydrogen) atoms. The van der Waals surface area contributed by atoms with Crippen molar-refractivity contribution in [2.45, 2.75) is 51.9 Å². The fourth-order valence-corrected chi connectivity index (χ4v) is 1.45. The highest BCUT2D eigenvalue weighted by atomic mass is 16.2. The molecule has 0 spiro atoms. The fourth-order valence-electron chi connectivity index (χ4n) is 1.45. The molecule has 0 aromatic carbocycles. The van der Waals surface area contributed by atoms with E-state index in [0.717, 1.165) is 12.8 Å². The van der Waals surface area contributed by atoms with Gasteiger partial charge < -0.3 is 11.1 Å². The Hall–Kier alpha value is -1.26. The maximum absolute atomic E-state index is 11.0. The van der Waals surface area contributed by atoms with Crippen LogP contribution in [0.2, 0.25) is 0 Å². The van der Waals surface area contributed by atoms with E-state index in [0.29, 0.717) is 6.54 Å². The molecule has 0 saturated heterocycles. The van der Waals surface area contributed by atoms with E-state index in [2.05, 4.69) is 17.6 Å². The Labute approximate surface area is 97.7 Å². The highest BCUT2D eigenvalue weighted by Gasteiger charge is 1.99. The Morgan fingerprint density at radius 3 is 2.25 bits per heavy atom. The molecular weight excluding hydrogens is 204 g/mol. The molecule has 0 radical (unpaired) electrons. The van der Waals surface area contributed by atoms with Crippen molar-refractivity contribution in [1.82, 2.24) is 10.6 Å². The van der Waals surface area contributed by atoms with E-state index < -0.39 is 6.03 Å². The van der Waals surface area contributed by atoms with E-state index in [1.165, 1.54) is 32.1 Å². The number of unbranched alkanes of at least 4 members (excludes halogenated alkanes) is 6. The number of urea groups is 1. The van der Waals surface area contributed by atoms with Crippen LogP contribution in [0.4, 0.5) is 4.79 Å². The molecule has 5 N–H and O–H groups in total. The lowest BCUT2D eigenvalue weighted by atomic mass is 10.1. The first-order valence-electron chi connectivity index (χ1n) is 6.05. The lowest BCUT2D eigenvalue weighted by molar-refractivity contribution is 0.245. The first kappa shape index (κ1) is 14.7. The third-order valence-electron chi connectivity index (χ3n) is 2.31. The summed E-state index contributed by atoms with van der Waals surface area (Å²) in [6.07, 6.45) is 8.55. The molecule has 0 aliphatic rings. The lowest BCUT2D eigenvalue weighted by Crippen LogP contribution is -2.42. The van der Waals surface area contributed by atoms with Gasteiger partial charge in [0.05, 0.1) is 0 Å². The summed E-state index contributed by atoms with van der Waals surface area (Å²) in [6, 6.07) is -0.390. The molecule has 0 aliphatic carbocycles. The SMILES string of the molecule is CCCCCCCCCNC(=O)NC(=N)N. The summed E-state index contributed by atoms with van der Waals surface area (Å²) in [5.74, 6) is -0.322. The van der Waals surface area contributed by atoms with Crippen LogP contribution in [-0.4, -0.2) is 18.5 Å². The Kier molecular flexibility index (Phi) is 9.46. The second-order valence-electron chi connectivity index (χ2n) is 3.92. The monoisotopic (exact) mass is 228 g/mol. The summed E-state index contributed by atoms with van der Waals surface area (Å²) in [5, 5.41) is 11.7. The van der Waals surface area contributed by atoms with E-state index in [1.807, 2.05) is 0 Å². The number of amides is 2. The van der Waals surface area contributed by atoms with E-state index in [-0.39, 0.29) is 5.96 Å². The molecular formula is C11H24N4O. The average molecular weight is 228 g/mol. The van der Waals surface area contributed by atoms with Gasteiger partial charge in [0.15, 0.2) is 5.96 Å². The van der Waals surface area contributed by atoms with Gasteiger partial charge in [0.1, 0.15) is 0 Å². The summed E-state index contributed by atoms with van der Waals surface area (Å²) in [5.41, 5.74) is 5.00. The summed E-state index contributed by atoms with van der Waals surface area (Å²) in [7, 11) is 0. The molecule has 94 valence electrons. The molecule has 2 amide bonds. The molecule has 0 fully saturated rings. The van der Waals surface area contributed by atoms with Crippen molar-refractivity contribution in [3.63, 3.8) is 0 Å². The van der Waals surface area contributed by atoms with Crippen LogP contribution in [-0.2, 0) is 0 Å². The molecule has 0 atom stereocenters. The summed E-state index contributed by atoms with van der Waals surface area (Å²) >= 11 is 0. The Balaban J connectivity index is 3.14. The van der Waals surface area contributed by atoms with Crippen LogP contribution in [0.1, 0.15) is 51.9 Å². The van der Waals surface area contributed by atoms with Gasteiger partial charge in [0, 0.05) is 6.54 Å². The molecule has 0 unspecified atom stereocenters. The Morgan fingerprint density at radius 2 is 1.69 bits per heavy atom. The van der Waals surface area contributed by atoms with Gasteiger partial charge in [0.25, 0.3) is 0 Å². The molecule has 5 heteroatoms. The van der Waals surface area contributed by atoms with E-state index in [9.17, 15) is 4.79 Å².